The molecule has 0 saturated carbocycles. The van der Waals surface area contributed by atoms with Crippen LogP contribution in [0.5, 0.6) is 0 Å². The topological polar surface area (TPSA) is 40.6 Å². The normalized spacial score (nSPS) is 21.6. The standard InChI is InChI=1S/C26H19ClN2O2/c27-18-9-11-19(12-10-18)29-25(30)21-15-17-6-2-4-8-22(17)28-14-13-16-5-1-3-7-20(16)24(28)23(21)26(29)31/h1-12,15,23-24H,13-14H2. The predicted octanol–water partition coefficient (Wildman–Crippen LogP) is 5.03. The van der Waals surface area contributed by atoms with Gasteiger partial charge in [-0.25, -0.2) is 4.90 Å². The number of fused-ring (bicyclic) bond motifs is 7. The highest BCUT2D eigenvalue weighted by Gasteiger charge is 2.52. The largest absolute Gasteiger partial charge is 0.363 e. The average Bonchev–Trinajstić information content (AvgIpc) is 2.94. The van der Waals surface area contributed by atoms with Crippen molar-refractivity contribution >= 4 is 40.9 Å². The van der Waals surface area contributed by atoms with Gasteiger partial charge in [0, 0.05) is 22.8 Å². The van der Waals surface area contributed by atoms with Gasteiger partial charge in [0.15, 0.2) is 0 Å². The van der Waals surface area contributed by atoms with Crippen molar-refractivity contribution in [1.82, 2.24) is 0 Å². The lowest BCUT2D eigenvalue weighted by atomic mass is 9.82. The zero-order valence-electron chi connectivity index (χ0n) is 16.7. The summed E-state index contributed by atoms with van der Waals surface area (Å²) in [5.41, 5.74) is 5.52. The second-order valence-electron chi connectivity index (χ2n) is 8.18. The van der Waals surface area contributed by atoms with Gasteiger partial charge < -0.3 is 4.90 Å². The smallest absolute Gasteiger partial charge is 0.261 e. The molecule has 2 unspecified atom stereocenters. The van der Waals surface area contributed by atoms with E-state index in [-0.39, 0.29) is 17.9 Å². The van der Waals surface area contributed by atoms with Crippen LogP contribution in [-0.4, -0.2) is 18.4 Å². The van der Waals surface area contributed by atoms with Crippen LogP contribution >= 0.6 is 11.6 Å². The fourth-order valence-corrected chi connectivity index (χ4v) is 5.32. The van der Waals surface area contributed by atoms with Gasteiger partial charge in [-0.1, -0.05) is 54.1 Å². The van der Waals surface area contributed by atoms with Crippen LogP contribution in [0, 0.1) is 5.92 Å². The van der Waals surface area contributed by atoms with Gasteiger partial charge in [-0.05, 0) is 59.5 Å². The minimum absolute atomic E-state index is 0.182. The molecule has 0 aromatic heterocycles. The Morgan fingerprint density at radius 2 is 1.61 bits per heavy atom. The molecular formula is C26H19ClN2O2. The van der Waals surface area contributed by atoms with Crippen LogP contribution in [0.3, 0.4) is 0 Å². The lowest BCUT2D eigenvalue weighted by molar-refractivity contribution is -0.122. The SMILES string of the molecule is O=C1C2=Cc3ccccc3N3CCc4ccccc4C3C2C(=O)N1c1ccc(Cl)cc1. The van der Waals surface area contributed by atoms with E-state index in [9.17, 15) is 9.59 Å². The van der Waals surface area contributed by atoms with E-state index in [0.717, 1.165) is 29.8 Å². The van der Waals surface area contributed by atoms with Crippen molar-refractivity contribution in [3.8, 4) is 0 Å². The van der Waals surface area contributed by atoms with Gasteiger partial charge >= 0.3 is 0 Å². The van der Waals surface area contributed by atoms with Gasteiger partial charge in [-0.15, -0.1) is 0 Å². The second kappa shape index (κ2) is 6.82. The summed E-state index contributed by atoms with van der Waals surface area (Å²) in [5, 5.41) is 0.567. The van der Waals surface area contributed by atoms with Gasteiger partial charge in [-0.2, -0.15) is 0 Å². The molecule has 0 bridgehead atoms. The summed E-state index contributed by atoms with van der Waals surface area (Å²) in [6, 6.07) is 23.0. The summed E-state index contributed by atoms with van der Waals surface area (Å²) >= 11 is 6.03. The molecule has 0 radical (unpaired) electrons. The summed E-state index contributed by atoms with van der Waals surface area (Å²) in [6.45, 7) is 0.804. The number of carbonyl (C=O) groups is 2. The molecule has 5 heteroatoms. The third-order valence-electron chi connectivity index (χ3n) is 6.56. The fraction of sp³-hybridized carbons (Fsp3) is 0.154. The molecule has 3 aliphatic heterocycles. The Balaban J connectivity index is 1.58. The molecule has 3 heterocycles. The van der Waals surface area contributed by atoms with Crippen molar-refractivity contribution in [3.05, 3.63) is 100 Å². The Morgan fingerprint density at radius 1 is 0.871 bits per heavy atom. The molecule has 3 aromatic rings. The number of anilines is 2. The summed E-state index contributed by atoms with van der Waals surface area (Å²) in [6.07, 6.45) is 2.82. The van der Waals surface area contributed by atoms with Crippen molar-refractivity contribution < 1.29 is 9.59 Å². The van der Waals surface area contributed by atoms with Crippen molar-refractivity contribution in [2.45, 2.75) is 12.5 Å². The summed E-state index contributed by atoms with van der Waals surface area (Å²) in [5.74, 6) is -0.993. The summed E-state index contributed by atoms with van der Waals surface area (Å²) in [7, 11) is 0. The number of nitrogens with zero attached hydrogens (tertiary/aromatic N) is 2. The number of hydrogen-bond acceptors (Lipinski definition) is 3. The van der Waals surface area contributed by atoms with E-state index < -0.39 is 5.92 Å². The number of benzene rings is 3. The van der Waals surface area contributed by atoms with Gasteiger partial charge in [0.2, 0.25) is 5.91 Å². The maximum absolute atomic E-state index is 13.8. The molecule has 4 nitrogen and oxygen atoms in total. The van der Waals surface area contributed by atoms with Crippen LogP contribution in [-0.2, 0) is 16.0 Å². The highest BCUT2D eigenvalue weighted by molar-refractivity contribution is 6.32. The van der Waals surface area contributed by atoms with Crippen LogP contribution in [0.15, 0.2) is 78.4 Å². The molecule has 31 heavy (non-hydrogen) atoms. The first kappa shape index (κ1) is 18.4. The molecule has 3 aliphatic rings. The van der Waals surface area contributed by atoms with Crippen LogP contribution in [0.2, 0.25) is 5.02 Å². The van der Waals surface area contributed by atoms with E-state index >= 15 is 0 Å². The van der Waals surface area contributed by atoms with Crippen molar-refractivity contribution in [2.24, 2.45) is 5.92 Å². The van der Waals surface area contributed by atoms with E-state index in [2.05, 4.69) is 23.1 Å². The molecular weight excluding hydrogens is 408 g/mol. The lowest BCUT2D eigenvalue weighted by Gasteiger charge is -2.41. The van der Waals surface area contributed by atoms with Gasteiger partial charge in [0.05, 0.1) is 17.6 Å². The second-order valence-corrected chi connectivity index (χ2v) is 8.61. The van der Waals surface area contributed by atoms with Crippen molar-refractivity contribution in [2.75, 3.05) is 16.3 Å². The van der Waals surface area contributed by atoms with Crippen LogP contribution in [0.4, 0.5) is 11.4 Å². The molecule has 1 fully saturated rings. The Bertz CT molecular complexity index is 1260. The Labute approximate surface area is 185 Å². The molecule has 0 N–H and O–H groups in total. The number of amides is 2. The Hall–Kier alpha value is -3.37. The number of halogens is 1. The maximum Gasteiger partial charge on any atom is 0.261 e. The fourth-order valence-electron chi connectivity index (χ4n) is 5.19. The van der Waals surface area contributed by atoms with Crippen molar-refractivity contribution in [3.63, 3.8) is 0 Å². The van der Waals surface area contributed by atoms with Crippen LogP contribution < -0.4 is 9.80 Å². The molecule has 0 spiro atoms. The van der Waals surface area contributed by atoms with Gasteiger partial charge in [0.25, 0.3) is 5.91 Å². The van der Waals surface area contributed by atoms with Gasteiger partial charge in [-0.3, -0.25) is 9.59 Å². The summed E-state index contributed by atoms with van der Waals surface area (Å²) < 4.78 is 0. The molecule has 1 saturated heterocycles. The van der Waals surface area contributed by atoms with Crippen LogP contribution in [0.1, 0.15) is 22.7 Å². The summed E-state index contributed by atoms with van der Waals surface area (Å²) in [4.78, 5) is 31.0. The quantitative estimate of drug-likeness (QED) is 0.512. The predicted molar refractivity (Wildman–Crippen MR) is 122 cm³/mol. The van der Waals surface area contributed by atoms with E-state index in [1.807, 2.05) is 36.4 Å². The zero-order valence-corrected chi connectivity index (χ0v) is 17.4. The maximum atomic E-state index is 13.8. The third-order valence-corrected chi connectivity index (χ3v) is 6.81. The van der Waals surface area contributed by atoms with E-state index in [1.54, 1.807) is 24.3 Å². The number of para-hydroxylation sites is 1. The lowest BCUT2D eigenvalue weighted by Crippen LogP contribution is -2.42. The first-order valence-corrected chi connectivity index (χ1v) is 10.8. The Morgan fingerprint density at radius 3 is 2.45 bits per heavy atom. The minimum atomic E-state index is -0.558. The molecule has 6 rings (SSSR count). The number of carbonyl (C=O) groups excluding carboxylic acids is 2. The molecule has 2 amide bonds. The molecule has 3 aromatic carbocycles. The highest BCUT2D eigenvalue weighted by Crippen LogP contribution is 2.49. The number of imide groups is 1. The van der Waals surface area contributed by atoms with E-state index in [0.29, 0.717) is 16.3 Å². The van der Waals surface area contributed by atoms with E-state index in [1.165, 1.54) is 10.5 Å². The van der Waals surface area contributed by atoms with E-state index in [4.69, 9.17) is 11.6 Å². The Kier molecular flexibility index (Phi) is 4.05. The molecule has 152 valence electrons. The average molecular weight is 427 g/mol. The monoisotopic (exact) mass is 426 g/mol. The van der Waals surface area contributed by atoms with Crippen molar-refractivity contribution in [1.29, 1.82) is 0 Å². The molecule has 0 aliphatic carbocycles. The first-order chi connectivity index (χ1) is 15.1. The zero-order chi connectivity index (χ0) is 21.1. The number of hydrogen-bond donors (Lipinski definition) is 0. The minimum Gasteiger partial charge on any atom is -0.363 e. The third kappa shape index (κ3) is 2.68. The van der Waals surface area contributed by atoms with Crippen LogP contribution in [0.25, 0.3) is 6.08 Å². The number of rotatable bonds is 1. The van der Waals surface area contributed by atoms with Gasteiger partial charge in [0.1, 0.15) is 0 Å². The highest BCUT2D eigenvalue weighted by atomic mass is 35.5. The first-order valence-electron chi connectivity index (χ1n) is 10.4. The molecule has 2 atom stereocenters.